The Hall–Kier alpha value is -1.76. The zero-order valence-corrected chi connectivity index (χ0v) is 15.9. The van der Waals surface area contributed by atoms with E-state index in [2.05, 4.69) is 33.9 Å². The van der Waals surface area contributed by atoms with Crippen molar-refractivity contribution < 1.29 is 9.21 Å². The summed E-state index contributed by atoms with van der Waals surface area (Å²) in [5.41, 5.74) is 0.954. The van der Waals surface area contributed by atoms with Gasteiger partial charge in [-0.3, -0.25) is 4.79 Å². The minimum Gasteiger partial charge on any atom is -0.469 e. The Morgan fingerprint density at radius 2 is 2.16 bits per heavy atom. The van der Waals surface area contributed by atoms with E-state index < -0.39 is 0 Å². The van der Waals surface area contributed by atoms with Crippen molar-refractivity contribution in [1.29, 1.82) is 0 Å². The number of aromatic nitrogens is 3. The molecule has 0 bridgehead atoms. The third-order valence-electron chi connectivity index (χ3n) is 4.42. The lowest BCUT2D eigenvalue weighted by atomic mass is 10.2. The van der Waals surface area contributed by atoms with Crippen molar-refractivity contribution in [2.75, 3.05) is 5.75 Å². The van der Waals surface area contributed by atoms with Gasteiger partial charge >= 0.3 is 0 Å². The lowest BCUT2D eigenvalue weighted by molar-refractivity contribution is -0.119. The van der Waals surface area contributed by atoms with Gasteiger partial charge in [0, 0.05) is 12.6 Å². The van der Waals surface area contributed by atoms with Crippen LogP contribution in [-0.4, -0.2) is 32.5 Å². The number of carbonyl (C=O) groups is 1. The van der Waals surface area contributed by atoms with E-state index in [1.165, 1.54) is 24.6 Å². The van der Waals surface area contributed by atoms with Crippen LogP contribution in [0.1, 0.15) is 45.3 Å². The van der Waals surface area contributed by atoms with Crippen molar-refractivity contribution in [1.82, 2.24) is 20.1 Å². The van der Waals surface area contributed by atoms with E-state index in [9.17, 15) is 4.79 Å². The molecule has 2 heterocycles. The zero-order valence-electron chi connectivity index (χ0n) is 15.1. The number of furan rings is 1. The van der Waals surface area contributed by atoms with Crippen LogP contribution in [-0.2, 0) is 11.3 Å². The van der Waals surface area contributed by atoms with Crippen LogP contribution < -0.4 is 5.32 Å². The minimum absolute atomic E-state index is 0.0806. The first-order valence-electron chi connectivity index (χ1n) is 8.94. The lowest BCUT2D eigenvalue weighted by Crippen LogP contribution is -2.33. The Balaban J connectivity index is 1.71. The molecule has 2 aromatic rings. The van der Waals surface area contributed by atoms with Crippen LogP contribution >= 0.6 is 11.8 Å². The van der Waals surface area contributed by atoms with Gasteiger partial charge in [0.1, 0.15) is 5.76 Å². The van der Waals surface area contributed by atoms with E-state index in [-0.39, 0.29) is 5.91 Å². The fourth-order valence-electron chi connectivity index (χ4n) is 3.21. The van der Waals surface area contributed by atoms with Gasteiger partial charge in [-0.25, -0.2) is 0 Å². The van der Waals surface area contributed by atoms with Crippen molar-refractivity contribution in [3.63, 3.8) is 0 Å². The molecule has 6 nitrogen and oxygen atoms in total. The van der Waals surface area contributed by atoms with Gasteiger partial charge in [-0.1, -0.05) is 38.5 Å². The van der Waals surface area contributed by atoms with Crippen molar-refractivity contribution in [3.8, 4) is 11.4 Å². The first-order chi connectivity index (χ1) is 12.0. The molecule has 1 N–H and O–H groups in total. The van der Waals surface area contributed by atoms with Crippen LogP contribution in [0.15, 0.2) is 21.9 Å². The number of hydrogen-bond donors (Lipinski definition) is 1. The molecule has 7 heteroatoms. The van der Waals surface area contributed by atoms with Crippen LogP contribution in [0.3, 0.4) is 0 Å². The summed E-state index contributed by atoms with van der Waals surface area (Å²) in [5, 5.41) is 12.6. The quantitative estimate of drug-likeness (QED) is 0.761. The summed E-state index contributed by atoms with van der Waals surface area (Å²) in [6.45, 7) is 7.05. The van der Waals surface area contributed by atoms with Crippen LogP contribution in [0.2, 0.25) is 0 Å². The maximum absolute atomic E-state index is 12.2. The predicted molar refractivity (Wildman–Crippen MR) is 98.4 cm³/mol. The summed E-state index contributed by atoms with van der Waals surface area (Å²) >= 11 is 1.45. The Labute approximate surface area is 152 Å². The SMILES string of the molecule is Cc1occc1-c1nnc(SCC(=O)NC2CCCC2)n1CC(C)C. The molecular formula is C18H26N4O2S. The summed E-state index contributed by atoms with van der Waals surface area (Å²) in [7, 11) is 0. The van der Waals surface area contributed by atoms with Crippen LogP contribution in [0.5, 0.6) is 0 Å². The lowest BCUT2D eigenvalue weighted by Gasteiger charge is -2.13. The summed E-state index contributed by atoms with van der Waals surface area (Å²) in [6.07, 6.45) is 6.30. The number of amides is 1. The summed E-state index contributed by atoms with van der Waals surface area (Å²) in [6, 6.07) is 2.27. The van der Waals surface area contributed by atoms with E-state index in [0.29, 0.717) is 17.7 Å². The number of aryl methyl sites for hydroxylation is 1. The van der Waals surface area contributed by atoms with Crippen molar-refractivity contribution >= 4 is 17.7 Å². The number of nitrogens with zero attached hydrogens (tertiary/aromatic N) is 3. The molecule has 1 aliphatic rings. The normalized spacial score (nSPS) is 15.2. The van der Waals surface area contributed by atoms with E-state index >= 15 is 0 Å². The average molecular weight is 362 g/mol. The molecular weight excluding hydrogens is 336 g/mol. The summed E-state index contributed by atoms with van der Waals surface area (Å²) in [4.78, 5) is 12.2. The van der Waals surface area contributed by atoms with Gasteiger partial charge in [0.2, 0.25) is 5.91 Å². The first-order valence-corrected chi connectivity index (χ1v) is 9.93. The second kappa shape index (κ2) is 8.08. The number of carbonyl (C=O) groups excluding carboxylic acids is 1. The molecule has 0 unspecified atom stereocenters. The molecule has 0 spiro atoms. The van der Waals surface area contributed by atoms with Crippen LogP contribution in [0.4, 0.5) is 0 Å². The molecule has 0 atom stereocenters. The smallest absolute Gasteiger partial charge is 0.230 e. The minimum atomic E-state index is 0.0806. The Morgan fingerprint density at radius 1 is 1.40 bits per heavy atom. The number of nitrogens with one attached hydrogen (secondary N) is 1. The van der Waals surface area contributed by atoms with Gasteiger partial charge in [0.25, 0.3) is 0 Å². The van der Waals surface area contributed by atoms with Gasteiger partial charge in [0.15, 0.2) is 11.0 Å². The van der Waals surface area contributed by atoms with Crippen LogP contribution in [0, 0.1) is 12.8 Å². The second-order valence-corrected chi connectivity index (χ2v) is 7.98. The largest absolute Gasteiger partial charge is 0.469 e. The fraction of sp³-hybridized carbons (Fsp3) is 0.611. The zero-order chi connectivity index (χ0) is 17.8. The van der Waals surface area contributed by atoms with Gasteiger partial charge in [-0.2, -0.15) is 0 Å². The van der Waals surface area contributed by atoms with Crippen LogP contribution in [0.25, 0.3) is 11.4 Å². The molecule has 2 aromatic heterocycles. The average Bonchev–Trinajstić information content (AvgIpc) is 3.27. The highest BCUT2D eigenvalue weighted by Crippen LogP contribution is 2.28. The number of hydrogen-bond acceptors (Lipinski definition) is 5. The van der Waals surface area contributed by atoms with Gasteiger partial charge in [-0.05, 0) is 31.7 Å². The molecule has 1 saturated carbocycles. The van der Waals surface area contributed by atoms with E-state index in [0.717, 1.165) is 41.7 Å². The summed E-state index contributed by atoms with van der Waals surface area (Å²) < 4.78 is 7.50. The van der Waals surface area contributed by atoms with Gasteiger partial charge in [-0.15, -0.1) is 10.2 Å². The highest BCUT2D eigenvalue weighted by molar-refractivity contribution is 7.99. The molecule has 1 amide bonds. The number of rotatable bonds is 7. The molecule has 0 radical (unpaired) electrons. The van der Waals surface area contributed by atoms with Crippen molar-refractivity contribution in [2.24, 2.45) is 5.92 Å². The third kappa shape index (κ3) is 4.45. The van der Waals surface area contributed by atoms with Crippen molar-refractivity contribution in [3.05, 3.63) is 18.1 Å². The standard InChI is InChI=1S/C18H26N4O2S/c1-12(2)10-22-17(15-8-9-24-13(15)3)20-21-18(22)25-11-16(23)19-14-6-4-5-7-14/h8-9,12,14H,4-7,10-11H2,1-3H3,(H,19,23). The highest BCUT2D eigenvalue weighted by atomic mass is 32.2. The Morgan fingerprint density at radius 3 is 2.80 bits per heavy atom. The van der Waals surface area contributed by atoms with E-state index in [1.54, 1.807) is 6.26 Å². The maximum atomic E-state index is 12.2. The molecule has 136 valence electrons. The molecule has 0 aromatic carbocycles. The fourth-order valence-corrected chi connectivity index (χ4v) is 3.97. The molecule has 1 fully saturated rings. The topological polar surface area (TPSA) is 72.9 Å². The Bertz CT molecular complexity index is 716. The Kier molecular flexibility index (Phi) is 5.83. The molecule has 0 saturated heterocycles. The van der Waals surface area contributed by atoms with Gasteiger partial charge < -0.3 is 14.3 Å². The molecule has 3 rings (SSSR count). The second-order valence-electron chi connectivity index (χ2n) is 7.04. The molecule has 1 aliphatic carbocycles. The summed E-state index contributed by atoms with van der Waals surface area (Å²) in [5.74, 6) is 2.54. The van der Waals surface area contributed by atoms with E-state index in [1.807, 2.05) is 13.0 Å². The van der Waals surface area contributed by atoms with E-state index in [4.69, 9.17) is 4.42 Å². The highest BCUT2D eigenvalue weighted by Gasteiger charge is 2.20. The predicted octanol–water partition coefficient (Wildman–Crippen LogP) is 3.65. The number of thioether (sulfide) groups is 1. The molecule has 0 aliphatic heterocycles. The molecule has 25 heavy (non-hydrogen) atoms. The first kappa shape index (κ1) is 18.0. The third-order valence-corrected chi connectivity index (χ3v) is 5.38. The van der Waals surface area contributed by atoms with Gasteiger partial charge in [0.05, 0.1) is 17.6 Å². The maximum Gasteiger partial charge on any atom is 0.230 e. The monoisotopic (exact) mass is 362 g/mol. The van der Waals surface area contributed by atoms with Crippen molar-refractivity contribution in [2.45, 2.75) is 64.2 Å².